The maximum Gasteiger partial charge on any atom is 0.273 e. The highest BCUT2D eigenvalue weighted by molar-refractivity contribution is 5.97. The van der Waals surface area contributed by atoms with Crippen LogP contribution in [0.2, 0.25) is 0 Å². The molecule has 0 bridgehead atoms. The van der Waals surface area contributed by atoms with Crippen molar-refractivity contribution < 1.29 is 4.79 Å². The lowest BCUT2D eigenvalue weighted by Crippen LogP contribution is -2.32. The molecule has 1 aromatic rings. The first-order chi connectivity index (χ1) is 8.09. The van der Waals surface area contributed by atoms with Crippen molar-refractivity contribution in [2.75, 3.05) is 12.3 Å². The molecule has 0 unspecified atom stereocenters. The number of aromatic amines is 1. The highest BCUT2D eigenvalue weighted by Crippen LogP contribution is 2.26. The SMILES string of the molecule is CC(C)c1[nH]nc(C(=O)NCC2CCC2)c1N. The van der Waals surface area contributed by atoms with Crippen molar-refractivity contribution in [3.05, 3.63) is 11.4 Å². The van der Waals surface area contributed by atoms with Crippen LogP contribution in [0.15, 0.2) is 0 Å². The second-order valence-corrected chi connectivity index (χ2v) is 5.06. The van der Waals surface area contributed by atoms with Gasteiger partial charge in [0.05, 0.1) is 11.4 Å². The molecule has 1 fully saturated rings. The Labute approximate surface area is 101 Å². The molecular formula is C12H20N4O. The average molecular weight is 236 g/mol. The van der Waals surface area contributed by atoms with Gasteiger partial charge in [-0.05, 0) is 24.7 Å². The Morgan fingerprint density at radius 3 is 2.76 bits per heavy atom. The maximum absolute atomic E-state index is 11.9. The fourth-order valence-electron chi connectivity index (χ4n) is 2.00. The van der Waals surface area contributed by atoms with E-state index in [2.05, 4.69) is 15.5 Å². The number of hydrogen-bond donors (Lipinski definition) is 3. The summed E-state index contributed by atoms with van der Waals surface area (Å²) in [6.45, 7) is 4.77. The van der Waals surface area contributed by atoms with Crippen molar-refractivity contribution in [3.8, 4) is 0 Å². The second kappa shape index (κ2) is 4.77. The van der Waals surface area contributed by atoms with E-state index in [-0.39, 0.29) is 11.8 Å². The summed E-state index contributed by atoms with van der Waals surface area (Å²) in [5, 5.41) is 9.72. The van der Waals surface area contributed by atoms with Crippen molar-refractivity contribution in [3.63, 3.8) is 0 Å². The molecule has 17 heavy (non-hydrogen) atoms. The molecule has 0 aromatic carbocycles. The summed E-state index contributed by atoms with van der Waals surface area (Å²) in [5.74, 6) is 0.719. The van der Waals surface area contributed by atoms with Crippen LogP contribution in [-0.2, 0) is 0 Å². The number of nitrogen functional groups attached to an aromatic ring is 1. The van der Waals surface area contributed by atoms with Crippen LogP contribution in [0.5, 0.6) is 0 Å². The summed E-state index contributed by atoms with van der Waals surface area (Å²) in [6, 6.07) is 0. The summed E-state index contributed by atoms with van der Waals surface area (Å²) in [7, 11) is 0. The molecule has 0 spiro atoms. The summed E-state index contributed by atoms with van der Waals surface area (Å²) < 4.78 is 0. The number of nitrogens with one attached hydrogen (secondary N) is 2. The Kier molecular flexibility index (Phi) is 3.36. The van der Waals surface area contributed by atoms with Gasteiger partial charge in [0.1, 0.15) is 0 Å². The van der Waals surface area contributed by atoms with E-state index in [1.54, 1.807) is 0 Å². The molecule has 5 heteroatoms. The van der Waals surface area contributed by atoms with Gasteiger partial charge in [-0.2, -0.15) is 5.10 Å². The molecule has 1 aliphatic carbocycles. The molecule has 94 valence electrons. The first-order valence-electron chi connectivity index (χ1n) is 6.21. The number of anilines is 1. The van der Waals surface area contributed by atoms with Crippen LogP contribution in [0.25, 0.3) is 0 Å². The predicted molar refractivity (Wildman–Crippen MR) is 66.8 cm³/mol. The minimum absolute atomic E-state index is 0.169. The van der Waals surface area contributed by atoms with Crippen LogP contribution in [0.4, 0.5) is 5.69 Å². The second-order valence-electron chi connectivity index (χ2n) is 5.06. The minimum Gasteiger partial charge on any atom is -0.395 e. The molecule has 1 amide bonds. The van der Waals surface area contributed by atoms with Gasteiger partial charge >= 0.3 is 0 Å². The fraction of sp³-hybridized carbons (Fsp3) is 0.667. The van der Waals surface area contributed by atoms with Crippen molar-refractivity contribution in [2.45, 2.75) is 39.0 Å². The zero-order chi connectivity index (χ0) is 12.4. The molecule has 0 atom stereocenters. The first kappa shape index (κ1) is 12.0. The van der Waals surface area contributed by atoms with E-state index < -0.39 is 0 Å². The van der Waals surface area contributed by atoms with Gasteiger partial charge in [-0.15, -0.1) is 0 Å². The number of carbonyl (C=O) groups is 1. The van der Waals surface area contributed by atoms with Crippen molar-refractivity contribution in [1.29, 1.82) is 0 Å². The number of H-pyrrole nitrogens is 1. The third-order valence-electron chi connectivity index (χ3n) is 3.40. The van der Waals surface area contributed by atoms with Crippen molar-refractivity contribution in [1.82, 2.24) is 15.5 Å². The van der Waals surface area contributed by atoms with E-state index in [1.165, 1.54) is 19.3 Å². The van der Waals surface area contributed by atoms with Crippen molar-refractivity contribution in [2.24, 2.45) is 5.92 Å². The number of carbonyl (C=O) groups excluding carboxylic acids is 1. The van der Waals surface area contributed by atoms with E-state index in [1.807, 2.05) is 13.8 Å². The Balaban J connectivity index is 1.98. The van der Waals surface area contributed by atoms with E-state index in [0.29, 0.717) is 17.3 Å². The van der Waals surface area contributed by atoms with Crippen LogP contribution < -0.4 is 11.1 Å². The van der Waals surface area contributed by atoms with Gasteiger partial charge in [0, 0.05) is 6.54 Å². The number of nitrogens with two attached hydrogens (primary N) is 1. The molecule has 1 saturated carbocycles. The van der Waals surface area contributed by atoms with Crippen LogP contribution in [0.3, 0.4) is 0 Å². The van der Waals surface area contributed by atoms with E-state index >= 15 is 0 Å². The maximum atomic E-state index is 11.9. The third-order valence-corrected chi connectivity index (χ3v) is 3.40. The van der Waals surface area contributed by atoms with Gasteiger partial charge in [0.2, 0.25) is 0 Å². The molecule has 0 saturated heterocycles. The normalized spacial score (nSPS) is 15.9. The molecule has 1 aromatic heterocycles. The monoisotopic (exact) mass is 236 g/mol. The predicted octanol–water partition coefficient (Wildman–Crippen LogP) is 1.65. The third kappa shape index (κ3) is 2.43. The number of aromatic nitrogens is 2. The van der Waals surface area contributed by atoms with E-state index in [0.717, 1.165) is 12.2 Å². The van der Waals surface area contributed by atoms with Crippen LogP contribution in [0.1, 0.15) is 55.2 Å². The molecule has 0 aliphatic heterocycles. The Bertz CT molecular complexity index is 407. The molecule has 4 N–H and O–H groups in total. The number of rotatable bonds is 4. The number of hydrogen-bond acceptors (Lipinski definition) is 3. The zero-order valence-corrected chi connectivity index (χ0v) is 10.4. The lowest BCUT2D eigenvalue weighted by atomic mass is 9.85. The largest absolute Gasteiger partial charge is 0.395 e. The van der Waals surface area contributed by atoms with Gasteiger partial charge in [-0.1, -0.05) is 20.3 Å². The van der Waals surface area contributed by atoms with Gasteiger partial charge in [-0.25, -0.2) is 0 Å². The summed E-state index contributed by atoms with van der Waals surface area (Å²) in [4.78, 5) is 11.9. The van der Waals surface area contributed by atoms with Gasteiger partial charge in [0.25, 0.3) is 5.91 Å². The first-order valence-corrected chi connectivity index (χ1v) is 6.21. The molecule has 1 heterocycles. The molecule has 5 nitrogen and oxygen atoms in total. The van der Waals surface area contributed by atoms with Crippen molar-refractivity contribution >= 4 is 11.6 Å². The Morgan fingerprint density at radius 2 is 2.29 bits per heavy atom. The van der Waals surface area contributed by atoms with Gasteiger partial charge < -0.3 is 11.1 Å². The highest BCUT2D eigenvalue weighted by Gasteiger charge is 2.21. The van der Waals surface area contributed by atoms with Crippen LogP contribution in [-0.4, -0.2) is 22.6 Å². The molecule has 0 radical (unpaired) electrons. The zero-order valence-electron chi connectivity index (χ0n) is 10.4. The highest BCUT2D eigenvalue weighted by atomic mass is 16.1. The Hall–Kier alpha value is -1.52. The lowest BCUT2D eigenvalue weighted by molar-refractivity contribution is 0.0935. The summed E-state index contributed by atoms with van der Waals surface area (Å²) in [6.07, 6.45) is 3.71. The van der Waals surface area contributed by atoms with E-state index in [9.17, 15) is 4.79 Å². The number of nitrogens with zero attached hydrogens (tertiary/aromatic N) is 1. The smallest absolute Gasteiger partial charge is 0.273 e. The Morgan fingerprint density at radius 1 is 1.59 bits per heavy atom. The van der Waals surface area contributed by atoms with Gasteiger partial charge in [-0.3, -0.25) is 9.89 Å². The van der Waals surface area contributed by atoms with Crippen LogP contribution in [0, 0.1) is 5.92 Å². The van der Waals surface area contributed by atoms with Gasteiger partial charge in [0.15, 0.2) is 5.69 Å². The quantitative estimate of drug-likeness (QED) is 0.743. The average Bonchev–Trinajstić information content (AvgIpc) is 2.57. The van der Waals surface area contributed by atoms with E-state index in [4.69, 9.17) is 5.73 Å². The summed E-state index contributed by atoms with van der Waals surface area (Å²) in [5.41, 5.74) is 7.54. The fourth-order valence-corrected chi connectivity index (χ4v) is 2.00. The molecular weight excluding hydrogens is 216 g/mol. The molecule has 2 rings (SSSR count). The lowest BCUT2D eigenvalue weighted by Gasteiger charge is -2.25. The topological polar surface area (TPSA) is 83.8 Å². The van der Waals surface area contributed by atoms with Crippen LogP contribution >= 0.6 is 0 Å². The minimum atomic E-state index is -0.169. The molecule has 1 aliphatic rings. The summed E-state index contributed by atoms with van der Waals surface area (Å²) >= 11 is 0. The number of amides is 1. The standard InChI is InChI=1S/C12H20N4O/c1-7(2)10-9(13)11(16-15-10)12(17)14-6-8-4-3-5-8/h7-8H,3-6,13H2,1-2H3,(H,14,17)(H,15,16).